The summed E-state index contributed by atoms with van der Waals surface area (Å²) in [6.45, 7) is 5.17. The van der Waals surface area contributed by atoms with E-state index < -0.39 is 0 Å². The van der Waals surface area contributed by atoms with Crippen molar-refractivity contribution in [3.63, 3.8) is 0 Å². The Morgan fingerprint density at radius 3 is 2.64 bits per heavy atom. The van der Waals surface area contributed by atoms with Gasteiger partial charge in [0.1, 0.15) is 10.6 Å². The van der Waals surface area contributed by atoms with Crippen molar-refractivity contribution in [2.75, 3.05) is 18.1 Å². The third kappa shape index (κ3) is 3.27. The summed E-state index contributed by atoms with van der Waals surface area (Å²) in [6, 6.07) is 7.69. The van der Waals surface area contributed by atoms with Crippen molar-refractivity contribution >= 4 is 23.1 Å². The van der Waals surface area contributed by atoms with E-state index in [1.54, 1.807) is 0 Å². The molecule has 1 aliphatic rings. The van der Waals surface area contributed by atoms with Crippen molar-refractivity contribution in [2.45, 2.75) is 26.7 Å². The molecule has 0 saturated heterocycles. The molecule has 0 N–H and O–H groups in total. The van der Waals surface area contributed by atoms with Gasteiger partial charge in [0.2, 0.25) is 0 Å². The van der Waals surface area contributed by atoms with Crippen LogP contribution in [0.5, 0.6) is 5.75 Å². The topological polar surface area (TPSA) is 55.3 Å². The molecule has 116 valence electrons. The minimum Gasteiger partial charge on any atom is -0.494 e. The molecule has 6 heteroatoms. The molecule has 1 heterocycles. The van der Waals surface area contributed by atoms with Crippen LogP contribution in [-0.4, -0.2) is 28.6 Å². The first-order valence-electron chi connectivity index (χ1n) is 7.52. The van der Waals surface area contributed by atoms with Crippen molar-refractivity contribution in [1.29, 1.82) is 0 Å². The number of hydrogen-bond acceptors (Lipinski definition) is 5. The lowest BCUT2D eigenvalue weighted by atomic mass is 10.2. The number of aryl methyl sites for hydroxylation is 1. The van der Waals surface area contributed by atoms with Crippen LogP contribution in [0.25, 0.3) is 0 Å². The number of carbonyl (C=O) groups excluding carboxylic acids is 1. The molecule has 0 bridgehead atoms. The number of benzene rings is 1. The molecule has 1 fully saturated rings. The van der Waals surface area contributed by atoms with E-state index in [2.05, 4.69) is 9.59 Å². The second kappa shape index (κ2) is 6.44. The predicted octanol–water partition coefficient (Wildman–Crippen LogP) is 3.30. The number of ether oxygens (including phenoxy) is 1. The standard InChI is InChI=1S/C16H19N3O2S/c1-3-21-14-8-6-13(7-9-14)19(10-12-4-5-12)16(20)15-11(2)17-18-22-15/h6-9,12H,3-5,10H2,1-2H3. The van der Waals surface area contributed by atoms with Crippen LogP contribution in [0.4, 0.5) is 5.69 Å². The number of nitrogens with zero attached hydrogens (tertiary/aromatic N) is 3. The fourth-order valence-electron chi connectivity index (χ4n) is 2.30. The molecule has 0 aliphatic heterocycles. The van der Waals surface area contributed by atoms with Crippen LogP contribution in [0.1, 0.15) is 35.1 Å². The van der Waals surface area contributed by atoms with Gasteiger partial charge in [0.05, 0.1) is 12.3 Å². The molecule has 3 rings (SSSR count). The lowest BCUT2D eigenvalue weighted by molar-refractivity contribution is 0.0989. The first-order chi connectivity index (χ1) is 10.7. The molecule has 0 unspecified atom stereocenters. The first-order valence-corrected chi connectivity index (χ1v) is 8.30. The molecule has 0 radical (unpaired) electrons. The number of anilines is 1. The van der Waals surface area contributed by atoms with E-state index in [-0.39, 0.29) is 5.91 Å². The van der Waals surface area contributed by atoms with E-state index in [9.17, 15) is 4.79 Å². The van der Waals surface area contributed by atoms with Gasteiger partial charge in [-0.3, -0.25) is 4.79 Å². The highest BCUT2D eigenvalue weighted by molar-refractivity contribution is 7.08. The zero-order chi connectivity index (χ0) is 15.5. The number of aromatic nitrogens is 2. The second-order valence-electron chi connectivity index (χ2n) is 5.47. The highest BCUT2D eigenvalue weighted by Gasteiger charge is 2.29. The Kier molecular flexibility index (Phi) is 4.38. The molecular weight excluding hydrogens is 298 g/mol. The monoisotopic (exact) mass is 317 g/mol. The van der Waals surface area contributed by atoms with Gasteiger partial charge in [0.25, 0.3) is 5.91 Å². The molecule has 22 heavy (non-hydrogen) atoms. The number of rotatable bonds is 6. The van der Waals surface area contributed by atoms with Gasteiger partial charge in [-0.15, -0.1) is 5.10 Å². The third-order valence-corrected chi connectivity index (χ3v) is 4.50. The van der Waals surface area contributed by atoms with Crippen molar-refractivity contribution in [2.24, 2.45) is 5.92 Å². The second-order valence-corrected chi connectivity index (χ2v) is 6.23. The summed E-state index contributed by atoms with van der Waals surface area (Å²) in [7, 11) is 0. The smallest absolute Gasteiger partial charge is 0.271 e. The summed E-state index contributed by atoms with van der Waals surface area (Å²) in [4.78, 5) is 15.3. The predicted molar refractivity (Wildman–Crippen MR) is 86.7 cm³/mol. The molecule has 1 aliphatic carbocycles. The van der Waals surface area contributed by atoms with Crippen LogP contribution in [0, 0.1) is 12.8 Å². The van der Waals surface area contributed by atoms with Gasteiger partial charge in [-0.25, -0.2) is 0 Å². The van der Waals surface area contributed by atoms with Crippen LogP contribution >= 0.6 is 11.5 Å². The highest BCUT2D eigenvalue weighted by atomic mass is 32.1. The molecule has 1 amide bonds. The number of hydrogen-bond donors (Lipinski definition) is 0. The average molecular weight is 317 g/mol. The lowest BCUT2D eigenvalue weighted by Crippen LogP contribution is -2.32. The van der Waals surface area contributed by atoms with Crippen molar-refractivity contribution in [3.05, 3.63) is 34.8 Å². The largest absolute Gasteiger partial charge is 0.494 e. The Balaban J connectivity index is 1.85. The Hall–Kier alpha value is -1.95. The van der Waals surface area contributed by atoms with E-state index in [4.69, 9.17) is 4.74 Å². The van der Waals surface area contributed by atoms with Crippen LogP contribution < -0.4 is 9.64 Å². The summed E-state index contributed by atoms with van der Waals surface area (Å²) >= 11 is 1.16. The molecule has 0 spiro atoms. The van der Waals surface area contributed by atoms with Crippen molar-refractivity contribution in [3.8, 4) is 5.75 Å². The van der Waals surface area contributed by atoms with Gasteiger partial charge < -0.3 is 9.64 Å². The Morgan fingerprint density at radius 1 is 1.36 bits per heavy atom. The minimum atomic E-state index is -0.0106. The van der Waals surface area contributed by atoms with Gasteiger partial charge in [-0.1, -0.05) is 4.49 Å². The SMILES string of the molecule is CCOc1ccc(N(CC2CC2)C(=O)c2snnc2C)cc1. The summed E-state index contributed by atoms with van der Waals surface area (Å²) in [6.07, 6.45) is 2.39. The molecule has 5 nitrogen and oxygen atoms in total. The Morgan fingerprint density at radius 2 is 2.09 bits per heavy atom. The van der Waals surface area contributed by atoms with Gasteiger partial charge in [0.15, 0.2) is 0 Å². The van der Waals surface area contributed by atoms with E-state index in [0.29, 0.717) is 23.1 Å². The van der Waals surface area contributed by atoms with E-state index in [1.165, 1.54) is 12.8 Å². The third-order valence-electron chi connectivity index (χ3n) is 3.69. The minimum absolute atomic E-state index is 0.0106. The van der Waals surface area contributed by atoms with Crippen LogP contribution in [0.3, 0.4) is 0 Å². The Bertz CT molecular complexity index is 650. The molecule has 1 saturated carbocycles. The quantitative estimate of drug-likeness (QED) is 0.820. The van der Waals surface area contributed by atoms with Crippen LogP contribution in [0.2, 0.25) is 0 Å². The molecule has 2 aromatic rings. The van der Waals surface area contributed by atoms with Gasteiger partial charge in [-0.2, -0.15) is 0 Å². The maximum absolute atomic E-state index is 12.8. The zero-order valence-corrected chi connectivity index (χ0v) is 13.6. The molecule has 1 aromatic carbocycles. The maximum atomic E-state index is 12.8. The van der Waals surface area contributed by atoms with E-state index in [0.717, 1.165) is 29.5 Å². The van der Waals surface area contributed by atoms with Crippen LogP contribution in [-0.2, 0) is 0 Å². The number of amides is 1. The summed E-state index contributed by atoms with van der Waals surface area (Å²) in [5, 5.41) is 3.95. The fraction of sp³-hybridized carbons (Fsp3) is 0.438. The van der Waals surface area contributed by atoms with Gasteiger partial charge in [0, 0.05) is 12.2 Å². The highest BCUT2D eigenvalue weighted by Crippen LogP contribution is 2.33. The maximum Gasteiger partial charge on any atom is 0.271 e. The molecule has 1 aromatic heterocycles. The zero-order valence-electron chi connectivity index (χ0n) is 12.8. The first kappa shape index (κ1) is 15.0. The number of carbonyl (C=O) groups is 1. The average Bonchev–Trinajstić information content (AvgIpc) is 3.25. The fourth-order valence-corrected chi connectivity index (χ4v) is 2.91. The molecular formula is C16H19N3O2S. The van der Waals surface area contributed by atoms with Crippen molar-refractivity contribution < 1.29 is 9.53 Å². The summed E-state index contributed by atoms with van der Waals surface area (Å²) in [5.74, 6) is 1.42. The van der Waals surface area contributed by atoms with E-state index in [1.807, 2.05) is 43.0 Å². The van der Waals surface area contributed by atoms with Crippen LogP contribution in [0.15, 0.2) is 24.3 Å². The van der Waals surface area contributed by atoms with Crippen molar-refractivity contribution in [1.82, 2.24) is 9.59 Å². The van der Waals surface area contributed by atoms with Gasteiger partial charge in [-0.05, 0) is 68.4 Å². The summed E-state index contributed by atoms with van der Waals surface area (Å²) < 4.78 is 9.34. The lowest BCUT2D eigenvalue weighted by Gasteiger charge is -2.22. The van der Waals surface area contributed by atoms with Gasteiger partial charge >= 0.3 is 0 Å². The van der Waals surface area contributed by atoms with E-state index >= 15 is 0 Å². The molecule has 0 atom stereocenters. The normalized spacial score (nSPS) is 13.9. The Labute approximate surface area is 134 Å². The summed E-state index contributed by atoms with van der Waals surface area (Å²) in [5.41, 5.74) is 1.59.